The van der Waals surface area contributed by atoms with Gasteiger partial charge in [0.05, 0.1) is 17.3 Å². The van der Waals surface area contributed by atoms with Gasteiger partial charge in [0.15, 0.2) is 5.69 Å². The van der Waals surface area contributed by atoms with Crippen LogP contribution in [0.1, 0.15) is 42.4 Å². The van der Waals surface area contributed by atoms with Crippen molar-refractivity contribution in [2.75, 3.05) is 23.7 Å². The number of nitrogens with zero attached hydrogens (tertiary/aromatic N) is 3. The van der Waals surface area contributed by atoms with Crippen LogP contribution in [0.5, 0.6) is 0 Å². The molecule has 8 heteroatoms. The minimum Gasteiger partial charge on any atom is -0.344 e. The van der Waals surface area contributed by atoms with E-state index in [0.717, 1.165) is 30.8 Å². The van der Waals surface area contributed by atoms with E-state index < -0.39 is 0 Å². The molecule has 0 saturated carbocycles. The molecule has 1 aromatic heterocycles. The van der Waals surface area contributed by atoms with Crippen molar-refractivity contribution in [3.8, 4) is 0 Å². The number of hydrogen-bond donors (Lipinski definition) is 1. The fourth-order valence-corrected chi connectivity index (χ4v) is 4.26. The highest BCUT2D eigenvalue weighted by Crippen LogP contribution is 2.37. The predicted molar refractivity (Wildman–Crippen MR) is 103 cm³/mol. The fourth-order valence-electron chi connectivity index (χ4n) is 2.94. The number of amides is 1. The molecule has 138 valence electrons. The summed E-state index contributed by atoms with van der Waals surface area (Å²) in [5.74, 6) is 0.574. The quantitative estimate of drug-likeness (QED) is 0.827. The minimum absolute atomic E-state index is 0.139. The van der Waals surface area contributed by atoms with E-state index in [0.29, 0.717) is 10.8 Å². The van der Waals surface area contributed by atoms with E-state index >= 15 is 0 Å². The Balaban J connectivity index is 1.86. The third-order valence-electron chi connectivity index (χ3n) is 4.32. The van der Waals surface area contributed by atoms with Gasteiger partial charge in [0.25, 0.3) is 5.91 Å². The molecule has 0 saturated heterocycles. The summed E-state index contributed by atoms with van der Waals surface area (Å²) >= 11 is 7.63. The van der Waals surface area contributed by atoms with Crippen LogP contribution >= 0.6 is 23.4 Å². The zero-order valence-electron chi connectivity index (χ0n) is 14.6. The Kier molecular flexibility index (Phi) is 5.98. The molecule has 3 rings (SSSR count). The van der Waals surface area contributed by atoms with E-state index in [2.05, 4.69) is 15.3 Å². The van der Waals surface area contributed by atoms with Gasteiger partial charge in [-0.25, -0.2) is 14.4 Å². The van der Waals surface area contributed by atoms with Crippen LogP contribution in [0.25, 0.3) is 0 Å². The zero-order chi connectivity index (χ0) is 18.7. The van der Waals surface area contributed by atoms with E-state index in [1.165, 1.54) is 24.0 Å². The maximum atomic E-state index is 14.0. The molecule has 1 aliphatic heterocycles. The van der Waals surface area contributed by atoms with Crippen LogP contribution in [-0.2, 0) is 0 Å². The van der Waals surface area contributed by atoms with Crippen LogP contribution in [0.2, 0.25) is 5.02 Å². The van der Waals surface area contributed by atoms with E-state index in [1.54, 1.807) is 6.07 Å². The topological polar surface area (TPSA) is 58.1 Å². The van der Waals surface area contributed by atoms with Crippen molar-refractivity contribution in [2.45, 2.75) is 31.2 Å². The first-order valence-electron chi connectivity index (χ1n) is 8.54. The number of hydrogen-bond acceptors (Lipinski definition) is 5. The summed E-state index contributed by atoms with van der Waals surface area (Å²) < 4.78 is 14.0. The monoisotopic (exact) mass is 394 g/mol. The molecule has 1 aliphatic rings. The van der Waals surface area contributed by atoms with Crippen molar-refractivity contribution >= 4 is 35.2 Å². The SMILES string of the molecule is CCN(CC)c1ncc(Cl)c(C(=O)NC2CCSc3c(F)cccc32)n1. The van der Waals surface area contributed by atoms with Crippen molar-refractivity contribution in [3.05, 3.63) is 46.5 Å². The highest BCUT2D eigenvalue weighted by molar-refractivity contribution is 7.99. The van der Waals surface area contributed by atoms with Gasteiger partial charge in [-0.1, -0.05) is 23.7 Å². The number of fused-ring (bicyclic) bond motifs is 1. The lowest BCUT2D eigenvalue weighted by molar-refractivity contribution is 0.0929. The van der Waals surface area contributed by atoms with Gasteiger partial charge in [-0.3, -0.25) is 4.79 Å². The summed E-state index contributed by atoms with van der Waals surface area (Å²) in [6.45, 7) is 5.44. The average molecular weight is 395 g/mol. The molecule has 5 nitrogen and oxygen atoms in total. The smallest absolute Gasteiger partial charge is 0.272 e. The number of thioether (sulfide) groups is 1. The highest BCUT2D eigenvalue weighted by Gasteiger charge is 2.26. The lowest BCUT2D eigenvalue weighted by atomic mass is 10.0. The second-order valence-corrected chi connectivity index (χ2v) is 7.37. The summed E-state index contributed by atoms with van der Waals surface area (Å²) in [6, 6.07) is 4.68. The molecule has 1 aromatic carbocycles. The largest absolute Gasteiger partial charge is 0.344 e. The van der Waals surface area contributed by atoms with Crippen LogP contribution in [0.15, 0.2) is 29.3 Å². The van der Waals surface area contributed by atoms with Crippen LogP contribution in [0.3, 0.4) is 0 Å². The number of carbonyl (C=O) groups is 1. The van der Waals surface area contributed by atoms with Gasteiger partial charge < -0.3 is 10.2 Å². The van der Waals surface area contributed by atoms with Gasteiger partial charge in [-0.15, -0.1) is 11.8 Å². The summed E-state index contributed by atoms with van der Waals surface area (Å²) in [5.41, 5.74) is 0.934. The Morgan fingerprint density at radius 3 is 2.92 bits per heavy atom. The summed E-state index contributed by atoms with van der Waals surface area (Å²) in [5, 5.41) is 3.15. The van der Waals surface area contributed by atoms with E-state index in [4.69, 9.17) is 11.6 Å². The molecule has 0 bridgehead atoms. The summed E-state index contributed by atoms with van der Waals surface area (Å²) in [6.07, 6.45) is 2.17. The number of benzene rings is 1. The molecule has 1 atom stereocenters. The fraction of sp³-hybridized carbons (Fsp3) is 0.389. The second-order valence-electron chi connectivity index (χ2n) is 5.86. The first-order valence-corrected chi connectivity index (χ1v) is 9.91. The molecule has 26 heavy (non-hydrogen) atoms. The van der Waals surface area contributed by atoms with Crippen molar-refractivity contribution < 1.29 is 9.18 Å². The average Bonchev–Trinajstić information content (AvgIpc) is 2.65. The lowest BCUT2D eigenvalue weighted by Gasteiger charge is -2.26. The van der Waals surface area contributed by atoms with Gasteiger partial charge in [-0.05, 0) is 31.9 Å². The maximum Gasteiger partial charge on any atom is 0.272 e. The number of anilines is 1. The maximum absolute atomic E-state index is 14.0. The minimum atomic E-state index is -0.377. The molecule has 1 N–H and O–H groups in total. The molecule has 0 radical (unpaired) electrons. The molecule has 1 amide bonds. The number of nitrogens with one attached hydrogen (secondary N) is 1. The number of aromatic nitrogens is 2. The molecule has 2 heterocycles. The summed E-state index contributed by atoms with van der Waals surface area (Å²) in [7, 11) is 0. The van der Waals surface area contributed by atoms with E-state index in [1.807, 2.05) is 24.8 Å². The van der Waals surface area contributed by atoms with Gasteiger partial charge in [0.2, 0.25) is 5.95 Å². The standard InChI is InChI=1S/C18H20ClFN4OS/c1-3-24(4-2)18-21-10-12(19)15(23-18)17(25)22-14-8-9-26-16-11(14)6-5-7-13(16)20/h5-7,10,14H,3-4,8-9H2,1-2H3,(H,22,25). The molecule has 0 spiro atoms. The van der Waals surface area contributed by atoms with Crippen molar-refractivity contribution in [1.82, 2.24) is 15.3 Å². The van der Waals surface area contributed by atoms with E-state index in [-0.39, 0.29) is 28.5 Å². The first-order chi connectivity index (χ1) is 12.5. The molecule has 2 aromatic rings. The molecule has 1 unspecified atom stereocenters. The molecular weight excluding hydrogens is 375 g/mol. The Morgan fingerprint density at radius 2 is 2.19 bits per heavy atom. The third kappa shape index (κ3) is 3.78. The Hall–Kier alpha value is -1.86. The molecule has 0 fully saturated rings. The van der Waals surface area contributed by atoms with Crippen molar-refractivity contribution in [2.24, 2.45) is 0 Å². The second kappa shape index (κ2) is 8.22. The van der Waals surface area contributed by atoms with Crippen molar-refractivity contribution in [1.29, 1.82) is 0 Å². The van der Waals surface area contributed by atoms with Gasteiger partial charge >= 0.3 is 0 Å². The third-order valence-corrected chi connectivity index (χ3v) is 5.76. The first kappa shape index (κ1) is 18.9. The van der Waals surface area contributed by atoms with Crippen LogP contribution < -0.4 is 10.2 Å². The Morgan fingerprint density at radius 1 is 1.42 bits per heavy atom. The number of rotatable bonds is 5. The van der Waals surface area contributed by atoms with Crippen LogP contribution in [0.4, 0.5) is 10.3 Å². The van der Waals surface area contributed by atoms with Gasteiger partial charge in [-0.2, -0.15) is 0 Å². The normalized spacial score (nSPS) is 16.1. The van der Waals surface area contributed by atoms with Gasteiger partial charge in [0.1, 0.15) is 5.82 Å². The predicted octanol–water partition coefficient (Wildman–Crippen LogP) is 4.08. The summed E-state index contributed by atoms with van der Waals surface area (Å²) in [4.78, 5) is 23.9. The van der Waals surface area contributed by atoms with Crippen LogP contribution in [0, 0.1) is 5.82 Å². The molecule has 0 aliphatic carbocycles. The Labute approximate surface area is 161 Å². The van der Waals surface area contributed by atoms with E-state index in [9.17, 15) is 9.18 Å². The number of carbonyl (C=O) groups excluding carboxylic acids is 1. The van der Waals surface area contributed by atoms with Crippen molar-refractivity contribution in [3.63, 3.8) is 0 Å². The molecular formula is C18H20ClFN4OS. The lowest BCUT2D eigenvalue weighted by Crippen LogP contribution is -2.32. The van der Waals surface area contributed by atoms with Crippen LogP contribution in [-0.4, -0.2) is 34.7 Å². The Bertz CT molecular complexity index is 816. The number of halogens is 2. The van der Waals surface area contributed by atoms with Gasteiger partial charge in [0, 0.05) is 23.7 Å². The zero-order valence-corrected chi connectivity index (χ0v) is 16.2. The highest BCUT2D eigenvalue weighted by atomic mass is 35.5.